The molecule has 5 nitrogen and oxygen atoms in total. The van der Waals surface area contributed by atoms with Gasteiger partial charge in [0.2, 0.25) is 0 Å². The summed E-state index contributed by atoms with van der Waals surface area (Å²) in [4.78, 5) is 2.36. The molecule has 1 aromatic carbocycles. The molecule has 0 N–H and O–H groups in total. The van der Waals surface area contributed by atoms with E-state index < -0.39 is 0 Å². The van der Waals surface area contributed by atoms with Crippen LogP contribution in [0.5, 0.6) is 5.75 Å². The summed E-state index contributed by atoms with van der Waals surface area (Å²) in [5, 5.41) is 12.0. The summed E-state index contributed by atoms with van der Waals surface area (Å²) in [5.74, 6) is 1.02. The maximum Gasteiger partial charge on any atom is 0.142 e. The van der Waals surface area contributed by atoms with Gasteiger partial charge in [-0.15, -0.1) is 0 Å². The molecular formula is C18H29N3O2. The van der Waals surface area contributed by atoms with Crippen molar-refractivity contribution in [3.8, 4) is 5.75 Å². The predicted molar refractivity (Wildman–Crippen MR) is 91.8 cm³/mol. The third-order valence-corrected chi connectivity index (χ3v) is 3.97. The van der Waals surface area contributed by atoms with Gasteiger partial charge in [0.15, 0.2) is 0 Å². The molecule has 1 aliphatic rings. The Balaban J connectivity index is 0.00000127. The Labute approximate surface area is 140 Å². The van der Waals surface area contributed by atoms with E-state index in [9.17, 15) is 0 Å². The molecule has 0 unspecified atom stereocenters. The summed E-state index contributed by atoms with van der Waals surface area (Å²) < 4.78 is 11.4. The van der Waals surface area contributed by atoms with Crippen molar-refractivity contribution >= 4 is 5.69 Å². The van der Waals surface area contributed by atoms with E-state index in [1.807, 2.05) is 0 Å². The largest absolute Gasteiger partial charge is 0.491 e. The van der Waals surface area contributed by atoms with E-state index in [4.69, 9.17) is 20.3 Å². The van der Waals surface area contributed by atoms with Crippen LogP contribution >= 0.6 is 0 Å². The Morgan fingerprint density at radius 3 is 2.39 bits per heavy atom. The lowest BCUT2D eigenvalue weighted by molar-refractivity contribution is 0.122. The molecule has 128 valence electrons. The second-order valence-electron chi connectivity index (χ2n) is 5.68. The Kier molecular flexibility index (Phi) is 10.6. The number of morpholine rings is 1. The number of rotatable bonds is 9. The SMILES string of the molecule is CCCCCCCCOc1ccccc1N1CCOCC1.N#N. The van der Waals surface area contributed by atoms with E-state index in [1.165, 1.54) is 37.8 Å². The average Bonchev–Trinajstić information content (AvgIpc) is 2.64. The quantitative estimate of drug-likeness (QED) is 0.501. The summed E-state index contributed by atoms with van der Waals surface area (Å²) in [6.45, 7) is 6.62. The lowest BCUT2D eigenvalue weighted by atomic mass is 10.1. The van der Waals surface area contributed by atoms with Gasteiger partial charge in [0.1, 0.15) is 5.75 Å². The highest BCUT2D eigenvalue weighted by Gasteiger charge is 2.14. The molecular weight excluding hydrogens is 290 g/mol. The minimum Gasteiger partial charge on any atom is -0.491 e. The minimum atomic E-state index is 0.811. The highest BCUT2D eigenvalue weighted by Crippen LogP contribution is 2.28. The zero-order chi connectivity index (χ0) is 16.8. The first kappa shape index (κ1) is 19.2. The molecule has 0 aliphatic carbocycles. The number of para-hydroxylation sites is 2. The third kappa shape index (κ3) is 7.34. The smallest absolute Gasteiger partial charge is 0.142 e. The molecule has 1 aliphatic heterocycles. The summed E-state index contributed by atoms with van der Waals surface area (Å²) in [5.41, 5.74) is 1.21. The molecule has 23 heavy (non-hydrogen) atoms. The van der Waals surface area contributed by atoms with Crippen LogP contribution in [0.25, 0.3) is 0 Å². The summed E-state index contributed by atoms with van der Waals surface area (Å²) in [7, 11) is 0. The summed E-state index contributed by atoms with van der Waals surface area (Å²) in [6.07, 6.45) is 7.80. The van der Waals surface area contributed by atoms with Crippen molar-refractivity contribution in [2.75, 3.05) is 37.8 Å². The van der Waals surface area contributed by atoms with Crippen LogP contribution in [0, 0.1) is 10.8 Å². The second-order valence-corrected chi connectivity index (χ2v) is 5.68. The van der Waals surface area contributed by atoms with Gasteiger partial charge in [-0.1, -0.05) is 51.2 Å². The van der Waals surface area contributed by atoms with Crippen molar-refractivity contribution in [2.24, 2.45) is 0 Å². The number of nitrogens with zero attached hydrogens (tertiary/aromatic N) is 3. The van der Waals surface area contributed by atoms with Gasteiger partial charge in [0, 0.05) is 23.9 Å². The number of unbranched alkanes of at least 4 members (excludes halogenated alkanes) is 5. The van der Waals surface area contributed by atoms with Gasteiger partial charge >= 0.3 is 0 Å². The van der Waals surface area contributed by atoms with E-state index in [2.05, 4.69) is 36.1 Å². The molecule has 1 heterocycles. The normalized spacial score (nSPS) is 14.0. The molecule has 0 saturated carbocycles. The molecule has 1 saturated heterocycles. The van der Waals surface area contributed by atoms with Gasteiger partial charge in [-0.2, -0.15) is 0 Å². The Morgan fingerprint density at radius 2 is 1.65 bits per heavy atom. The Hall–Kier alpha value is -1.80. The molecule has 0 radical (unpaired) electrons. The standard InChI is InChI=1S/C18H29NO2.N2/c1-2-3-4-5-6-9-14-21-18-11-8-7-10-17(18)19-12-15-20-16-13-19;1-2/h7-8,10-11H,2-6,9,12-16H2,1H3;. The number of anilines is 1. The fraction of sp³-hybridized carbons (Fsp3) is 0.667. The number of hydrogen-bond acceptors (Lipinski definition) is 5. The maximum absolute atomic E-state index is 6.01. The minimum absolute atomic E-state index is 0.811. The number of hydrogen-bond donors (Lipinski definition) is 0. The Morgan fingerprint density at radius 1 is 1.00 bits per heavy atom. The van der Waals surface area contributed by atoms with Crippen LogP contribution in [0.15, 0.2) is 24.3 Å². The molecule has 0 aromatic heterocycles. The van der Waals surface area contributed by atoms with Crippen molar-refractivity contribution in [1.29, 1.82) is 10.8 Å². The van der Waals surface area contributed by atoms with Crippen LogP contribution < -0.4 is 9.64 Å². The summed E-state index contributed by atoms with van der Waals surface area (Å²) in [6, 6.07) is 8.38. The molecule has 2 rings (SSSR count). The molecule has 5 heteroatoms. The van der Waals surface area contributed by atoms with Crippen LogP contribution in [-0.2, 0) is 4.74 Å². The van der Waals surface area contributed by atoms with Gasteiger partial charge in [0.25, 0.3) is 0 Å². The highest BCUT2D eigenvalue weighted by molar-refractivity contribution is 5.58. The average molecular weight is 319 g/mol. The molecule has 0 atom stereocenters. The van der Waals surface area contributed by atoms with Crippen LogP contribution in [0.3, 0.4) is 0 Å². The van der Waals surface area contributed by atoms with E-state index in [0.29, 0.717) is 0 Å². The first-order chi connectivity index (χ1) is 11.4. The van der Waals surface area contributed by atoms with E-state index in [1.54, 1.807) is 0 Å². The fourth-order valence-electron chi connectivity index (χ4n) is 2.71. The molecule has 0 amide bonds. The summed E-state index contributed by atoms with van der Waals surface area (Å²) >= 11 is 0. The molecule has 0 spiro atoms. The van der Waals surface area contributed by atoms with Crippen molar-refractivity contribution in [3.63, 3.8) is 0 Å². The van der Waals surface area contributed by atoms with Crippen LogP contribution in [0.2, 0.25) is 0 Å². The zero-order valence-electron chi connectivity index (χ0n) is 14.2. The highest BCUT2D eigenvalue weighted by atomic mass is 16.5. The first-order valence-electron chi connectivity index (χ1n) is 8.66. The lowest BCUT2D eigenvalue weighted by Gasteiger charge is -2.30. The van der Waals surface area contributed by atoms with Crippen molar-refractivity contribution in [1.82, 2.24) is 0 Å². The first-order valence-corrected chi connectivity index (χ1v) is 8.66. The van der Waals surface area contributed by atoms with Crippen LogP contribution in [0.4, 0.5) is 5.69 Å². The lowest BCUT2D eigenvalue weighted by Crippen LogP contribution is -2.36. The monoisotopic (exact) mass is 319 g/mol. The molecule has 1 fully saturated rings. The fourth-order valence-corrected chi connectivity index (χ4v) is 2.71. The van der Waals surface area contributed by atoms with Crippen molar-refractivity contribution in [2.45, 2.75) is 45.4 Å². The van der Waals surface area contributed by atoms with Crippen molar-refractivity contribution in [3.05, 3.63) is 24.3 Å². The predicted octanol–water partition coefficient (Wildman–Crippen LogP) is 4.29. The van der Waals surface area contributed by atoms with Gasteiger partial charge in [-0.05, 0) is 18.6 Å². The molecule has 1 aromatic rings. The molecule has 0 bridgehead atoms. The van der Waals surface area contributed by atoms with Crippen molar-refractivity contribution < 1.29 is 9.47 Å². The zero-order valence-corrected chi connectivity index (χ0v) is 14.2. The number of benzene rings is 1. The Bertz CT molecular complexity index is 431. The van der Waals surface area contributed by atoms with E-state index >= 15 is 0 Å². The number of ether oxygens (including phenoxy) is 2. The van der Waals surface area contributed by atoms with E-state index in [-0.39, 0.29) is 0 Å². The third-order valence-electron chi connectivity index (χ3n) is 3.97. The van der Waals surface area contributed by atoms with Gasteiger partial charge in [0.05, 0.1) is 25.5 Å². The maximum atomic E-state index is 6.01. The van der Waals surface area contributed by atoms with E-state index in [0.717, 1.165) is 45.1 Å². The van der Waals surface area contributed by atoms with Crippen LogP contribution in [0.1, 0.15) is 45.4 Å². The second kappa shape index (κ2) is 12.7. The van der Waals surface area contributed by atoms with Gasteiger partial charge in [-0.25, -0.2) is 0 Å². The van der Waals surface area contributed by atoms with Gasteiger partial charge in [-0.3, -0.25) is 0 Å². The topological polar surface area (TPSA) is 69.3 Å². The van der Waals surface area contributed by atoms with Gasteiger partial charge < -0.3 is 14.4 Å². The van der Waals surface area contributed by atoms with Crippen LogP contribution in [-0.4, -0.2) is 32.9 Å².